The standard InChI is InChI=1S/C23H14Cl2N4O4S/c24-15-5-1-13(2-6-15)12-26-28-22(30)14-3-7-16(8-4-14)27-23(31)21-20(25)18-10-9-17(29(32)33)11-19(18)34-21/h1-12H,(H,27,31)(H,28,30)/b26-12-. The number of nitro benzene ring substituents is 1. The minimum atomic E-state index is -0.506. The minimum Gasteiger partial charge on any atom is -0.321 e. The number of anilines is 1. The van der Waals surface area contributed by atoms with Crippen LogP contribution in [0.2, 0.25) is 10.0 Å². The van der Waals surface area contributed by atoms with Crippen molar-refractivity contribution in [1.82, 2.24) is 5.43 Å². The lowest BCUT2D eigenvalue weighted by molar-refractivity contribution is -0.384. The van der Waals surface area contributed by atoms with E-state index in [0.29, 0.717) is 26.4 Å². The van der Waals surface area contributed by atoms with Crippen LogP contribution in [0.1, 0.15) is 25.6 Å². The van der Waals surface area contributed by atoms with Gasteiger partial charge in [-0.25, -0.2) is 5.43 Å². The summed E-state index contributed by atoms with van der Waals surface area (Å²) in [4.78, 5) is 35.7. The summed E-state index contributed by atoms with van der Waals surface area (Å²) >= 11 is 13.2. The van der Waals surface area contributed by atoms with Gasteiger partial charge in [0.15, 0.2) is 0 Å². The predicted molar refractivity (Wildman–Crippen MR) is 134 cm³/mol. The van der Waals surface area contributed by atoms with E-state index >= 15 is 0 Å². The van der Waals surface area contributed by atoms with Crippen molar-refractivity contribution in [3.63, 3.8) is 0 Å². The Morgan fingerprint density at radius 1 is 0.971 bits per heavy atom. The summed E-state index contributed by atoms with van der Waals surface area (Å²) in [6.45, 7) is 0. The van der Waals surface area contributed by atoms with Crippen LogP contribution in [0.25, 0.3) is 10.1 Å². The van der Waals surface area contributed by atoms with Gasteiger partial charge in [-0.15, -0.1) is 11.3 Å². The lowest BCUT2D eigenvalue weighted by Gasteiger charge is -2.05. The summed E-state index contributed by atoms with van der Waals surface area (Å²) in [5.41, 5.74) is 3.92. The normalized spacial score (nSPS) is 11.0. The molecule has 170 valence electrons. The summed E-state index contributed by atoms with van der Waals surface area (Å²) in [6.07, 6.45) is 1.49. The first-order valence-electron chi connectivity index (χ1n) is 9.68. The van der Waals surface area contributed by atoms with Gasteiger partial charge in [-0.05, 0) is 48.0 Å². The maximum atomic E-state index is 12.7. The number of hydrogen-bond donors (Lipinski definition) is 2. The number of nitrogens with one attached hydrogen (secondary N) is 2. The molecule has 11 heteroatoms. The molecule has 0 radical (unpaired) electrons. The number of hydrogen-bond acceptors (Lipinski definition) is 6. The molecule has 0 saturated carbocycles. The van der Waals surface area contributed by atoms with Crippen molar-refractivity contribution in [2.75, 3.05) is 5.32 Å². The Labute approximate surface area is 207 Å². The Balaban J connectivity index is 1.41. The van der Waals surface area contributed by atoms with Crippen molar-refractivity contribution in [2.45, 2.75) is 0 Å². The maximum Gasteiger partial charge on any atom is 0.271 e. The van der Waals surface area contributed by atoms with Gasteiger partial charge < -0.3 is 5.32 Å². The number of nitrogens with zero attached hydrogens (tertiary/aromatic N) is 2. The van der Waals surface area contributed by atoms with Gasteiger partial charge >= 0.3 is 0 Å². The second-order valence-electron chi connectivity index (χ2n) is 6.96. The second kappa shape index (κ2) is 10.0. The number of benzene rings is 3. The SMILES string of the molecule is O=C(N/N=C\c1ccc(Cl)cc1)c1ccc(NC(=O)c2sc3cc([N+](=O)[O-])ccc3c2Cl)cc1. The molecular formula is C23H14Cl2N4O4S. The smallest absolute Gasteiger partial charge is 0.271 e. The highest BCUT2D eigenvalue weighted by Gasteiger charge is 2.19. The summed E-state index contributed by atoms with van der Waals surface area (Å²) in [5.74, 6) is -0.879. The molecule has 0 aliphatic rings. The van der Waals surface area contributed by atoms with Gasteiger partial charge in [-0.1, -0.05) is 35.3 Å². The van der Waals surface area contributed by atoms with Crippen molar-refractivity contribution in [3.05, 3.63) is 103 Å². The zero-order valence-electron chi connectivity index (χ0n) is 17.1. The number of carbonyl (C=O) groups is 2. The van der Waals surface area contributed by atoms with Crippen molar-refractivity contribution in [3.8, 4) is 0 Å². The van der Waals surface area contributed by atoms with E-state index in [9.17, 15) is 19.7 Å². The van der Waals surface area contributed by atoms with Crippen LogP contribution in [0.3, 0.4) is 0 Å². The zero-order chi connectivity index (χ0) is 24.2. The van der Waals surface area contributed by atoms with Gasteiger partial charge in [0, 0.05) is 38.5 Å². The number of rotatable bonds is 6. The molecule has 1 heterocycles. The quantitative estimate of drug-likeness (QED) is 0.183. The fourth-order valence-electron chi connectivity index (χ4n) is 2.99. The third-order valence-corrected chi connectivity index (χ3v) is 6.59. The molecular weight excluding hydrogens is 499 g/mol. The summed E-state index contributed by atoms with van der Waals surface area (Å²) < 4.78 is 0.538. The predicted octanol–water partition coefficient (Wildman–Crippen LogP) is 6.13. The van der Waals surface area contributed by atoms with Crippen molar-refractivity contribution in [2.24, 2.45) is 5.10 Å². The summed E-state index contributed by atoms with van der Waals surface area (Å²) in [5, 5.41) is 19.0. The van der Waals surface area contributed by atoms with Crippen LogP contribution in [0, 0.1) is 10.1 Å². The van der Waals surface area contributed by atoms with Crippen LogP contribution in [-0.4, -0.2) is 23.0 Å². The molecule has 0 fully saturated rings. The van der Waals surface area contributed by atoms with E-state index in [1.54, 1.807) is 48.5 Å². The Hall–Kier alpha value is -3.79. The zero-order valence-corrected chi connectivity index (χ0v) is 19.4. The first-order valence-corrected chi connectivity index (χ1v) is 11.3. The molecule has 0 aliphatic carbocycles. The number of amides is 2. The van der Waals surface area contributed by atoms with E-state index in [0.717, 1.165) is 16.9 Å². The monoisotopic (exact) mass is 512 g/mol. The lowest BCUT2D eigenvalue weighted by atomic mass is 10.2. The number of hydrazone groups is 1. The molecule has 3 aromatic carbocycles. The van der Waals surface area contributed by atoms with Gasteiger partial charge in [0.05, 0.1) is 16.2 Å². The molecule has 0 spiro atoms. The number of non-ortho nitro benzene ring substituents is 1. The van der Waals surface area contributed by atoms with Gasteiger partial charge in [0.25, 0.3) is 17.5 Å². The third-order valence-electron chi connectivity index (χ3n) is 4.68. The van der Waals surface area contributed by atoms with Crippen LogP contribution >= 0.6 is 34.5 Å². The minimum absolute atomic E-state index is 0.0799. The Kier molecular flexibility index (Phi) is 6.87. The average molecular weight is 513 g/mol. The first kappa shape index (κ1) is 23.4. The number of halogens is 2. The highest BCUT2D eigenvalue weighted by atomic mass is 35.5. The molecule has 34 heavy (non-hydrogen) atoms. The molecule has 2 N–H and O–H groups in total. The van der Waals surface area contributed by atoms with Crippen LogP contribution < -0.4 is 10.7 Å². The van der Waals surface area contributed by atoms with Crippen molar-refractivity contribution < 1.29 is 14.5 Å². The van der Waals surface area contributed by atoms with E-state index in [-0.39, 0.29) is 15.6 Å². The molecule has 0 saturated heterocycles. The molecule has 0 atom stereocenters. The molecule has 0 aliphatic heterocycles. The van der Waals surface area contributed by atoms with Crippen LogP contribution in [0.15, 0.2) is 71.8 Å². The summed E-state index contributed by atoms with van der Waals surface area (Å²) in [7, 11) is 0. The van der Waals surface area contributed by atoms with E-state index in [1.165, 1.54) is 24.4 Å². The molecule has 4 rings (SSSR count). The number of fused-ring (bicyclic) bond motifs is 1. The molecule has 2 amide bonds. The van der Waals surface area contributed by atoms with E-state index in [4.69, 9.17) is 23.2 Å². The highest BCUT2D eigenvalue weighted by molar-refractivity contribution is 7.21. The largest absolute Gasteiger partial charge is 0.321 e. The summed E-state index contributed by atoms with van der Waals surface area (Å²) in [6, 6.07) is 17.4. The van der Waals surface area contributed by atoms with Crippen LogP contribution in [-0.2, 0) is 0 Å². The number of nitro groups is 1. The Morgan fingerprint density at radius 2 is 1.68 bits per heavy atom. The van der Waals surface area contributed by atoms with Gasteiger partial charge in [-0.3, -0.25) is 19.7 Å². The molecule has 1 aromatic heterocycles. The Bertz CT molecular complexity index is 1430. The second-order valence-corrected chi connectivity index (χ2v) is 8.83. The molecule has 4 aromatic rings. The number of thiophene rings is 1. The van der Waals surface area contributed by atoms with Gasteiger partial charge in [-0.2, -0.15) is 5.10 Å². The van der Waals surface area contributed by atoms with Crippen LogP contribution in [0.5, 0.6) is 0 Å². The third kappa shape index (κ3) is 5.23. The molecule has 0 unspecified atom stereocenters. The van der Waals surface area contributed by atoms with Crippen molar-refractivity contribution >= 4 is 74.0 Å². The Morgan fingerprint density at radius 3 is 2.35 bits per heavy atom. The average Bonchev–Trinajstić information content (AvgIpc) is 3.16. The highest BCUT2D eigenvalue weighted by Crippen LogP contribution is 2.37. The van der Waals surface area contributed by atoms with Gasteiger partial charge in [0.2, 0.25) is 0 Å². The fourth-order valence-corrected chi connectivity index (χ4v) is 4.56. The van der Waals surface area contributed by atoms with E-state index < -0.39 is 16.7 Å². The van der Waals surface area contributed by atoms with Gasteiger partial charge in [0.1, 0.15) is 4.88 Å². The first-order chi connectivity index (χ1) is 16.3. The lowest BCUT2D eigenvalue weighted by Crippen LogP contribution is -2.17. The van der Waals surface area contributed by atoms with E-state index in [2.05, 4.69) is 15.8 Å². The van der Waals surface area contributed by atoms with E-state index in [1.807, 2.05) is 0 Å². The number of carbonyl (C=O) groups excluding carboxylic acids is 2. The van der Waals surface area contributed by atoms with Crippen molar-refractivity contribution in [1.29, 1.82) is 0 Å². The van der Waals surface area contributed by atoms with Crippen LogP contribution in [0.4, 0.5) is 11.4 Å². The topological polar surface area (TPSA) is 114 Å². The fraction of sp³-hybridized carbons (Fsp3) is 0. The maximum absolute atomic E-state index is 12.7. The molecule has 8 nitrogen and oxygen atoms in total. The molecule has 0 bridgehead atoms.